The van der Waals surface area contributed by atoms with Crippen LogP contribution in [0.2, 0.25) is 0 Å². The van der Waals surface area contributed by atoms with E-state index >= 15 is 0 Å². The standard InChI is InChI=1S/C17H17N3O2/c1-12-5-4-6-14(19-12)17-18-9-10-20(17)13-7-8-15(21-2)16(11-13)22-3/h4-11H,1-3H3. The molecule has 2 aromatic heterocycles. The van der Waals surface area contributed by atoms with Gasteiger partial charge >= 0.3 is 0 Å². The highest BCUT2D eigenvalue weighted by Gasteiger charge is 2.11. The van der Waals surface area contributed by atoms with Crippen LogP contribution in [0.25, 0.3) is 17.2 Å². The third kappa shape index (κ3) is 2.53. The molecule has 0 spiro atoms. The van der Waals surface area contributed by atoms with E-state index < -0.39 is 0 Å². The second kappa shape index (κ2) is 5.89. The number of rotatable bonds is 4. The van der Waals surface area contributed by atoms with Gasteiger partial charge in [-0.1, -0.05) is 6.07 Å². The first-order chi connectivity index (χ1) is 10.7. The summed E-state index contributed by atoms with van der Waals surface area (Å²) in [7, 11) is 3.25. The molecule has 0 aliphatic heterocycles. The minimum absolute atomic E-state index is 0.678. The molecule has 3 rings (SSSR count). The van der Waals surface area contributed by atoms with Crippen molar-refractivity contribution in [3.05, 3.63) is 54.5 Å². The van der Waals surface area contributed by atoms with Gasteiger partial charge in [-0.05, 0) is 31.2 Å². The Kier molecular flexibility index (Phi) is 3.78. The van der Waals surface area contributed by atoms with Gasteiger partial charge in [0.2, 0.25) is 0 Å². The Morgan fingerprint density at radius 3 is 2.55 bits per heavy atom. The Balaban J connectivity index is 2.09. The lowest BCUT2D eigenvalue weighted by atomic mass is 10.2. The normalized spacial score (nSPS) is 10.5. The maximum absolute atomic E-state index is 5.37. The largest absolute Gasteiger partial charge is 0.493 e. The van der Waals surface area contributed by atoms with Gasteiger partial charge in [-0.2, -0.15) is 0 Å². The Hall–Kier alpha value is -2.82. The highest BCUT2D eigenvalue weighted by atomic mass is 16.5. The molecule has 0 aliphatic carbocycles. The van der Waals surface area contributed by atoms with Gasteiger partial charge < -0.3 is 9.47 Å². The fraction of sp³-hybridized carbons (Fsp3) is 0.176. The number of aryl methyl sites for hydroxylation is 1. The smallest absolute Gasteiger partial charge is 0.163 e. The third-order valence-corrected chi connectivity index (χ3v) is 3.40. The Bertz CT molecular complexity index is 796. The molecule has 0 fully saturated rings. The van der Waals surface area contributed by atoms with Crippen LogP contribution in [0.15, 0.2) is 48.8 Å². The van der Waals surface area contributed by atoms with Crippen LogP contribution in [0.3, 0.4) is 0 Å². The Labute approximate surface area is 129 Å². The first kappa shape index (κ1) is 14.1. The summed E-state index contributed by atoms with van der Waals surface area (Å²) in [6, 6.07) is 11.6. The second-order valence-corrected chi connectivity index (χ2v) is 4.82. The molecule has 0 unspecified atom stereocenters. The van der Waals surface area contributed by atoms with Crippen molar-refractivity contribution in [2.45, 2.75) is 6.92 Å². The summed E-state index contributed by atoms with van der Waals surface area (Å²) < 4.78 is 12.6. The fourth-order valence-electron chi connectivity index (χ4n) is 2.34. The molecular weight excluding hydrogens is 278 g/mol. The molecule has 22 heavy (non-hydrogen) atoms. The number of hydrogen-bond donors (Lipinski definition) is 0. The predicted octanol–water partition coefficient (Wildman–Crippen LogP) is 3.26. The predicted molar refractivity (Wildman–Crippen MR) is 84.6 cm³/mol. The van der Waals surface area contributed by atoms with E-state index in [2.05, 4.69) is 9.97 Å². The SMILES string of the molecule is COc1ccc(-n2ccnc2-c2cccc(C)n2)cc1OC. The van der Waals surface area contributed by atoms with E-state index in [1.807, 2.05) is 54.1 Å². The summed E-state index contributed by atoms with van der Waals surface area (Å²) >= 11 is 0. The van der Waals surface area contributed by atoms with E-state index in [0.717, 1.165) is 22.9 Å². The number of imidazole rings is 1. The highest BCUT2D eigenvalue weighted by molar-refractivity contribution is 5.57. The first-order valence-electron chi connectivity index (χ1n) is 6.92. The van der Waals surface area contributed by atoms with Gasteiger partial charge in [0.1, 0.15) is 5.69 Å². The van der Waals surface area contributed by atoms with Gasteiger partial charge in [0.05, 0.1) is 19.9 Å². The summed E-state index contributed by atoms with van der Waals surface area (Å²) in [5, 5.41) is 0. The zero-order valence-corrected chi connectivity index (χ0v) is 12.8. The van der Waals surface area contributed by atoms with E-state index in [0.29, 0.717) is 11.5 Å². The lowest BCUT2D eigenvalue weighted by molar-refractivity contribution is 0.355. The van der Waals surface area contributed by atoms with E-state index in [9.17, 15) is 0 Å². The molecule has 0 saturated carbocycles. The molecule has 0 amide bonds. The molecule has 0 aliphatic rings. The molecular formula is C17H17N3O2. The zero-order valence-electron chi connectivity index (χ0n) is 12.8. The molecule has 5 heteroatoms. The monoisotopic (exact) mass is 295 g/mol. The minimum Gasteiger partial charge on any atom is -0.493 e. The summed E-state index contributed by atoms with van der Waals surface area (Å²) in [6.45, 7) is 1.97. The number of methoxy groups -OCH3 is 2. The van der Waals surface area contributed by atoms with E-state index in [4.69, 9.17) is 9.47 Å². The molecule has 3 aromatic rings. The van der Waals surface area contributed by atoms with Crippen molar-refractivity contribution in [3.8, 4) is 28.7 Å². The number of aromatic nitrogens is 3. The highest BCUT2D eigenvalue weighted by Crippen LogP contribution is 2.30. The number of benzene rings is 1. The van der Waals surface area contributed by atoms with Gasteiger partial charge in [0.15, 0.2) is 17.3 Å². The summed E-state index contributed by atoms with van der Waals surface area (Å²) in [4.78, 5) is 8.97. The molecule has 5 nitrogen and oxygen atoms in total. The van der Waals surface area contributed by atoms with Gasteiger partial charge in [0, 0.05) is 24.2 Å². The molecule has 1 aromatic carbocycles. The van der Waals surface area contributed by atoms with Crippen LogP contribution in [-0.2, 0) is 0 Å². The number of ether oxygens (including phenoxy) is 2. The van der Waals surface area contributed by atoms with Crippen molar-refractivity contribution in [2.24, 2.45) is 0 Å². The Morgan fingerprint density at radius 2 is 1.82 bits per heavy atom. The molecule has 0 bridgehead atoms. The van der Waals surface area contributed by atoms with Crippen LogP contribution < -0.4 is 9.47 Å². The van der Waals surface area contributed by atoms with Crippen LogP contribution in [0.4, 0.5) is 0 Å². The van der Waals surface area contributed by atoms with Crippen LogP contribution >= 0.6 is 0 Å². The van der Waals surface area contributed by atoms with Gasteiger partial charge in [-0.25, -0.2) is 9.97 Å². The lowest BCUT2D eigenvalue weighted by Crippen LogP contribution is -2.00. The number of pyridine rings is 1. The van der Waals surface area contributed by atoms with E-state index in [1.54, 1.807) is 20.4 Å². The quantitative estimate of drug-likeness (QED) is 0.741. The van der Waals surface area contributed by atoms with Crippen molar-refractivity contribution in [3.63, 3.8) is 0 Å². The lowest BCUT2D eigenvalue weighted by Gasteiger charge is -2.12. The second-order valence-electron chi connectivity index (χ2n) is 4.82. The summed E-state index contributed by atoms with van der Waals surface area (Å²) in [5.41, 5.74) is 2.73. The molecule has 112 valence electrons. The minimum atomic E-state index is 0.678. The topological polar surface area (TPSA) is 49.2 Å². The maximum atomic E-state index is 5.37. The molecule has 0 radical (unpaired) electrons. The van der Waals surface area contributed by atoms with Crippen molar-refractivity contribution in [1.82, 2.24) is 14.5 Å². The zero-order chi connectivity index (χ0) is 15.5. The average Bonchev–Trinajstić information content (AvgIpc) is 3.03. The van der Waals surface area contributed by atoms with Gasteiger partial charge in [-0.3, -0.25) is 4.57 Å². The summed E-state index contributed by atoms with van der Waals surface area (Å²) in [6.07, 6.45) is 3.66. The molecule has 0 atom stereocenters. The Morgan fingerprint density at radius 1 is 1.00 bits per heavy atom. The number of hydrogen-bond acceptors (Lipinski definition) is 4. The van der Waals surface area contributed by atoms with Crippen LogP contribution in [-0.4, -0.2) is 28.8 Å². The molecule has 0 N–H and O–H groups in total. The maximum Gasteiger partial charge on any atom is 0.163 e. The third-order valence-electron chi connectivity index (χ3n) is 3.40. The van der Waals surface area contributed by atoms with E-state index in [1.165, 1.54) is 0 Å². The fourth-order valence-corrected chi connectivity index (χ4v) is 2.34. The van der Waals surface area contributed by atoms with Crippen LogP contribution in [0.1, 0.15) is 5.69 Å². The van der Waals surface area contributed by atoms with Crippen molar-refractivity contribution in [1.29, 1.82) is 0 Å². The molecule has 2 heterocycles. The number of nitrogens with zero attached hydrogens (tertiary/aromatic N) is 3. The van der Waals surface area contributed by atoms with Crippen LogP contribution in [0, 0.1) is 6.92 Å². The van der Waals surface area contributed by atoms with Gasteiger partial charge in [0.25, 0.3) is 0 Å². The average molecular weight is 295 g/mol. The van der Waals surface area contributed by atoms with Crippen molar-refractivity contribution < 1.29 is 9.47 Å². The van der Waals surface area contributed by atoms with E-state index in [-0.39, 0.29) is 0 Å². The van der Waals surface area contributed by atoms with Gasteiger partial charge in [-0.15, -0.1) is 0 Å². The van der Waals surface area contributed by atoms with Crippen molar-refractivity contribution in [2.75, 3.05) is 14.2 Å². The molecule has 0 saturated heterocycles. The van der Waals surface area contributed by atoms with Crippen molar-refractivity contribution >= 4 is 0 Å². The first-order valence-corrected chi connectivity index (χ1v) is 6.92. The summed E-state index contributed by atoms with van der Waals surface area (Å²) in [5.74, 6) is 2.16. The van der Waals surface area contributed by atoms with Crippen LogP contribution in [0.5, 0.6) is 11.5 Å².